The van der Waals surface area contributed by atoms with Crippen LogP contribution in [0.4, 0.5) is 5.82 Å². The molecule has 18 heavy (non-hydrogen) atoms. The summed E-state index contributed by atoms with van der Waals surface area (Å²) >= 11 is 0. The minimum Gasteiger partial charge on any atom is -0.305 e. The van der Waals surface area contributed by atoms with Crippen molar-refractivity contribution in [1.29, 1.82) is 0 Å². The lowest BCUT2D eigenvalue weighted by Gasteiger charge is -2.04. The third kappa shape index (κ3) is 2.59. The summed E-state index contributed by atoms with van der Waals surface area (Å²) in [5, 5.41) is 9.68. The molecule has 4 heteroatoms. The molecule has 0 saturated heterocycles. The van der Waals surface area contributed by atoms with Crippen LogP contribution in [-0.2, 0) is 6.42 Å². The highest BCUT2D eigenvalue weighted by Gasteiger charge is 2.08. The summed E-state index contributed by atoms with van der Waals surface area (Å²) in [5.74, 6) is 0.433. The van der Waals surface area contributed by atoms with E-state index in [9.17, 15) is 4.79 Å². The van der Waals surface area contributed by atoms with E-state index >= 15 is 0 Å². The number of aromatic nitrogens is 2. The van der Waals surface area contributed by atoms with Gasteiger partial charge in [0.05, 0.1) is 0 Å². The summed E-state index contributed by atoms with van der Waals surface area (Å²) in [6.07, 6.45) is 0.868. The first-order chi connectivity index (χ1) is 8.60. The topological polar surface area (TPSA) is 57.8 Å². The molecule has 0 fully saturated rings. The van der Waals surface area contributed by atoms with Crippen molar-refractivity contribution in [3.8, 4) is 0 Å². The molecule has 0 aliphatic rings. The fourth-order valence-corrected chi connectivity index (χ4v) is 1.68. The van der Waals surface area contributed by atoms with Gasteiger partial charge in [-0.15, -0.1) is 0 Å². The van der Waals surface area contributed by atoms with Gasteiger partial charge >= 0.3 is 0 Å². The Bertz CT molecular complexity index is 572. The Morgan fingerprint density at radius 1 is 1.28 bits per heavy atom. The molecule has 0 aliphatic heterocycles. The Labute approximate surface area is 106 Å². The van der Waals surface area contributed by atoms with E-state index in [0.717, 1.165) is 17.7 Å². The lowest BCUT2D eigenvalue weighted by Crippen LogP contribution is -2.12. The molecule has 2 rings (SSSR count). The molecule has 0 aliphatic carbocycles. The molecular formula is C14H17N3O. The molecule has 4 nitrogen and oxygen atoms in total. The second-order valence-corrected chi connectivity index (χ2v) is 4.39. The second-order valence-electron chi connectivity index (χ2n) is 4.39. The monoisotopic (exact) mass is 243 g/mol. The molecule has 0 unspecified atom stereocenters. The lowest BCUT2D eigenvalue weighted by atomic mass is 10.1. The van der Waals surface area contributed by atoms with E-state index < -0.39 is 0 Å². The summed E-state index contributed by atoms with van der Waals surface area (Å²) in [6.45, 7) is 6.05. The van der Waals surface area contributed by atoms with E-state index in [1.807, 2.05) is 45.0 Å². The van der Waals surface area contributed by atoms with Crippen LogP contribution in [0.5, 0.6) is 0 Å². The SMILES string of the molecule is CCc1cc(NC(=O)c2ccc(C)c(C)c2)n[nH]1. The molecule has 1 heterocycles. The van der Waals surface area contributed by atoms with Crippen LogP contribution >= 0.6 is 0 Å². The van der Waals surface area contributed by atoms with Crippen molar-refractivity contribution in [2.45, 2.75) is 27.2 Å². The number of carbonyl (C=O) groups excluding carboxylic acids is 1. The van der Waals surface area contributed by atoms with Crippen molar-refractivity contribution in [3.05, 3.63) is 46.6 Å². The summed E-state index contributed by atoms with van der Waals surface area (Å²) in [7, 11) is 0. The number of nitrogens with one attached hydrogen (secondary N) is 2. The first kappa shape index (κ1) is 12.4. The quantitative estimate of drug-likeness (QED) is 0.870. The number of aryl methyl sites for hydroxylation is 3. The Kier molecular flexibility index (Phi) is 3.46. The van der Waals surface area contributed by atoms with Crippen LogP contribution in [0.3, 0.4) is 0 Å². The van der Waals surface area contributed by atoms with Crippen molar-refractivity contribution in [2.75, 3.05) is 5.32 Å². The Morgan fingerprint density at radius 2 is 2.06 bits per heavy atom. The molecule has 2 aromatic rings. The fraction of sp³-hybridized carbons (Fsp3) is 0.286. The lowest BCUT2D eigenvalue weighted by molar-refractivity contribution is 0.102. The maximum absolute atomic E-state index is 12.0. The van der Waals surface area contributed by atoms with Crippen molar-refractivity contribution in [2.24, 2.45) is 0 Å². The van der Waals surface area contributed by atoms with Crippen LogP contribution < -0.4 is 5.32 Å². The van der Waals surface area contributed by atoms with Crippen LogP contribution in [-0.4, -0.2) is 16.1 Å². The average Bonchev–Trinajstić information content (AvgIpc) is 2.80. The van der Waals surface area contributed by atoms with E-state index in [1.54, 1.807) is 0 Å². The van der Waals surface area contributed by atoms with Gasteiger partial charge in [-0.2, -0.15) is 5.10 Å². The number of rotatable bonds is 3. The zero-order valence-electron chi connectivity index (χ0n) is 10.9. The first-order valence-electron chi connectivity index (χ1n) is 6.03. The summed E-state index contributed by atoms with van der Waals surface area (Å²) < 4.78 is 0. The molecule has 1 aromatic carbocycles. The summed E-state index contributed by atoms with van der Waals surface area (Å²) in [4.78, 5) is 12.0. The number of nitrogens with zero attached hydrogens (tertiary/aromatic N) is 1. The van der Waals surface area contributed by atoms with Crippen molar-refractivity contribution >= 4 is 11.7 Å². The summed E-state index contributed by atoms with van der Waals surface area (Å²) in [6, 6.07) is 7.51. The molecule has 0 bridgehead atoms. The van der Waals surface area contributed by atoms with Crippen molar-refractivity contribution < 1.29 is 4.79 Å². The smallest absolute Gasteiger partial charge is 0.256 e. The highest BCUT2D eigenvalue weighted by atomic mass is 16.1. The van der Waals surface area contributed by atoms with Crippen LogP contribution in [0, 0.1) is 13.8 Å². The van der Waals surface area contributed by atoms with E-state index in [-0.39, 0.29) is 5.91 Å². The zero-order chi connectivity index (χ0) is 13.1. The molecule has 0 saturated carbocycles. The predicted octanol–water partition coefficient (Wildman–Crippen LogP) is 2.84. The largest absolute Gasteiger partial charge is 0.305 e. The van der Waals surface area contributed by atoms with E-state index in [4.69, 9.17) is 0 Å². The van der Waals surface area contributed by atoms with Crippen LogP contribution in [0.15, 0.2) is 24.3 Å². The minimum absolute atomic E-state index is 0.132. The number of carbonyl (C=O) groups is 1. The van der Waals surface area contributed by atoms with Gasteiger partial charge in [-0.25, -0.2) is 0 Å². The highest BCUT2D eigenvalue weighted by molar-refractivity contribution is 6.03. The predicted molar refractivity (Wildman–Crippen MR) is 71.8 cm³/mol. The third-order valence-electron chi connectivity index (χ3n) is 3.02. The van der Waals surface area contributed by atoms with Gasteiger partial charge in [0.2, 0.25) is 0 Å². The number of anilines is 1. The van der Waals surface area contributed by atoms with Gasteiger partial charge in [-0.3, -0.25) is 9.89 Å². The number of amides is 1. The van der Waals surface area contributed by atoms with Crippen molar-refractivity contribution in [3.63, 3.8) is 0 Å². The van der Waals surface area contributed by atoms with E-state index in [1.165, 1.54) is 5.56 Å². The molecule has 1 amide bonds. The molecule has 0 radical (unpaired) electrons. The molecule has 1 aromatic heterocycles. The Hall–Kier alpha value is -2.10. The molecule has 0 spiro atoms. The third-order valence-corrected chi connectivity index (χ3v) is 3.02. The van der Waals surface area contributed by atoms with Crippen LogP contribution in [0.1, 0.15) is 34.1 Å². The fourth-order valence-electron chi connectivity index (χ4n) is 1.68. The van der Waals surface area contributed by atoms with Gasteiger partial charge in [-0.05, 0) is 43.5 Å². The van der Waals surface area contributed by atoms with Crippen molar-refractivity contribution in [1.82, 2.24) is 10.2 Å². The van der Waals surface area contributed by atoms with Gasteiger partial charge in [0, 0.05) is 17.3 Å². The number of benzene rings is 1. The van der Waals surface area contributed by atoms with Crippen LogP contribution in [0.25, 0.3) is 0 Å². The van der Waals surface area contributed by atoms with Gasteiger partial charge < -0.3 is 5.32 Å². The van der Waals surface area contributed by atoms with Gasteiger partial charge in [0.1, 0.15) is 0 Å². The number of hydrogen-bond donors (Lipinski definition) is 2. The normalized spacial score (nSPS) is 10.4. The van der Waals surface area contributed by atoms with E-state index in [0.29, 0.717) is 11.4 Å². The maximum atomic E-state index is 12.0. The first-order valence-corrected chi connectivity index (χ1v) is 6.03. The molecule has 2 N–H and O–H groups in total. The van der Waals surface area contributed by atoms with Gasteiger partial charge in [0.25, 0.3) is 5.91 Å². The zero-order valence-corrected chi connectivity index (χ0v) is 10.9. The average molecular weight is 243 g/mol. The standard InChI is InChI=1S/C14H17N3O/c1-4-12-8-13(17-16-12)15-14(18)11-6-5-9(2)10(3)7-11/h5-8H,4H2,1-3H3,(H2,15,16,17,18). The highest BCUT2D eigenvalue weighted by Crippen LogP contribution is 2.12. The summed E-state index contributed by atoms with van der Waals surface area (Å²) in [5.41, 5.74) is 3.95. The van der Waals surface area contributed by atoms with Gasteiger partial charge in [0.15, 0.2) is 5.82 Å². The van der Waals surface area contributed by atoms with E-state index in [2.05, 4.69) is 15.5 Å². The second kappa shape index (κ2) is 5.04. The number of hydrogen-bond acceptors (Lipinski definition) is 2. The van der Waals surface area contributed by atoms with Crippen LogP contribution in [0.2, 0.25) is 0 Å². The Morgan fingerprint density at radius 3 is 2.67 bits per heavy atom. The Balaban J connectivity index is 2.14. The maximum Gasteiger partial charge on any atom is 0.256 e. The minimum atomic E-state index is -0.132. The molecule has 94 valence electrons. The van der Waals surface area contributed by atoms with Gasteiger partial charge in [-0.1, -0.05) is 13.0 Å². The number of H-pyrrole nitrogens is 1. The molecular weight excluding hydrogens is 226 g/mol. The molecule has 0 atom stereocenters. The number of aromatic amines is 1.